The Labute approximate surface area is 103 Å². The Morgan fingerprint density at radius 1 is 1.29 bits per heavy atom. The third-order valence-corrected chi connectivity index (χ3v) is 3.05. The molecule has 0 spiro atoms. The summed E-state index contributed by atoms with van der Waals surface area (Å²) in [5.74, 6) is 1.09. The molecule has 1 saturated heterocycles. The van der Waals surface area contributed by atoms with Crippen molar-refractivity contribution >= 4 is 11.0 Å². The molecular formula is C14H21N3. The van der Waals surface area contributed by atoms with Crippen LogP contribution in [0.3, 0.4) is 0 Å². The summed E-state index contributed by atoms with van der Waals surface area (Å²) in [6.07, 6.45) is 2.44. The van der Waals surface area contributed by atoms with E-state index in [2.05, 4.69) is 40.4 Å². The number of rotatable bonds is 1. The summed E-state index contributed by atoms with van der Waals surface area (Å²) in [6.45, 7) is 7.22. The van der Waals surface area contributed by atoms with Gasteiger partial charge in [-0.25, -0.2) is 4.98 Å². The summed E-state index contributed by atoms with van der Waals surface area (Å²) in [6, 6.07) is 6.77. The van der Waals surface area contributed by atoms with E-state index in [9.17, 15) is 0 Å². The minimum Gasteiger partial charge on any atom is -0.341 e. The SMILES string of the molecule is CC.Cc1ccc2nc(C3CCCN3)[nH]c2c1. The quantitative estimate of drug-likeness (QED) is 0.790. The first-order valence-electron chi connectivity index (χ1n) is 6.52. The van der Waals surface area contributed by atoms with Crippen LogP contribution in [0.5, 0.6) is 0 Å². The Balaban J connectivity index is 0.000000514. The molecule has 2 aromatic rings. The van der Waals surface area contributed by atoms with E-state index in [1.807, 2.05) is 13.8 Å². The highest BCUT2D eigenvalue weighted by Gasteiger charge is 2.19. The molecule has 0 amide bonds. The van der Waals surface area contributed by atoms with Gasteiger partial charge in [-0.15, -0.1) is 0 Å². The number of H-pyrrole nitrogens is 1. The number of aromatic nitrogens is 2. The first kappa shape index (κ1) is 12.1. The second-order valence-corrected chi connectivity index (χ2v) is 4.29. The van der Waals surface area contributed by atoms with Gasteiger partial charge in [-0.3, -0.25) is 0 Å². The minimum atomic E-state index is 0.428. The van der Waals surface area contributed by atoms with Gasteiger partial charge in [0.1, 0.15) is 5.82 Å². The smallest absolute Gasteiger partial charge is 0.124 e. The molecule has 3 heteroatoms. The monoisotopic (exact) mass is 231 g/mol. The van der Waals surface area contributed by atoms with Crippen molar-refractivity contribution in [1.82, 2.24) is 15.3 Å². The van der Waals surface area contributed by atoms with Crippen LogP contribution in [0.25, 0.3) is 11.0 Å². The lowest BCUT2D eigenvalue weighted by molar-refractivity contribution is 0.614. The molecule has 3 rings (SSSR count). The zero-order valence-corrected chi connectivity index (χ0v) is 10.9. The third-order valence-electron chi connectivity index (χ3n) is 3.05. The summed E-state index contributed by atoms with van der Waals surface area (Å²) >= 11 is 0. The van der Waals surface area contributed by atoms with E-state index in [0.717, 1.165) is 23.4 Å². The molecule has 0 saturated carbocycles. The van der Waals surface area contributed by atoms with E-state index in [0.29, 0.717) is 6.04 Å². The number of nitrogens with zero attached hydrogens (tertiary/aromatic N) is 1. The number of imidazole rings is 1. The van der Waals surface area contributed by atoms with Gasteiger partial charge in [0.25, 0.3) is 0 Å². The van der Waals surface area contributed by atoms with Gasteiger partial charge in [0.2, 0.25) is 0 Å². The van der Waals surface area contributed by atoms with Crippen LogP contribution in [-0.2, 0) is 0 Å². The summed E-state index contributed by atoms with van der Waals surface area (Å²) in [5.41, 5.74) is 3.50. The molecule has 1 aliphatic rings. The van der Waals surface area contributed by atoms with Gasteiger partial charge in [0, 0.05) is 0 Å². The number of hydrogen-bond acceptors (Lipinski definition) is 2. The average Bonchev–Trinajstić information content (AvgIpc) is 2.99. The molecule has 1 aromatic carbocycles. The third kappa shape index (κ3) is 2.50. The van der Waals surface area contributed by atoms with Gasteiger partial charge >= 0.3 is 0 Å². The van der Waals surface area contributed by atoms with Crippen LogP contribution in [-0.4, -0.2) is 16.5 Å². The van der Waals surface area contributed by atoms with Crippen molar-refractivity contribution in [1.29, 1.82) is 0 Å². The lowest BCUT2D eigenvalue weighted by Crippen LogP contribution is -2.13. The zero-order chi connectivity index (χ0) is 12.3. The van der Waals surface area contributed by atoms with Crippen LogP contribution < -0.4 is 5.32 Å². The fourth-order valence-corrected chi connectivity index (χ4v) is 2.23. The Kier molecular flexibility index (Phi) is 3.79. The van der Waals surface area contributed by atoms with Crippen LogP contribution in [0.4, 0.5) is 0 Å². The minimum absolute atomic E-state index is 0.428. The van der Waals surface area contributed by atoms with Gasteiger partial charge < -0.3 is 10.3 Å². The largest absolute Gasteiger partial charge is 0.341 e. The number of hydrogen-bond donors (Lipinski definition) is 2. The topological polar surface area (TPSA) is 40.7 Å². The molecule has 1 unspecified atom stereocenters. The Hall–Kier alpha value is -1.35. The van der Waals surface area contributed by atoms with E-state index >= 15 is 0 Å². The fourth-order valence-electron chi connectivity index (χ4n) is 2.23. The van der Waals surface area contributed by atoms with E-state index in [-0.39, 0.29) is 0 Å². The number of fused-ring (bicyclic) bond motifs is 1. The van der Waals surface area contributed by atoms with Gasteiger partial charge in [0.15, 0.2) is 0 Å². The highest BCUT2D eigenvalue weighted by molar-refractivity contribution is 5.75. The molecule has 2 N–H and O–H groups in total. The summed E-state index contributed by atoms with van der Waals surface area (Å²) in [7, 11) is 0. The molecule has 17 heavy (non-hydrogen) atoms. The standard InChI is InChI=1S/C12H15N3.C2H6/c1-8-4-5-9-11(7-8)15-12(14-9)10-3-2-6-13-10;1-2/h4-5,7,10,13H,2-3,6H2,1H3,(H,14,15);1-2H3. The zero-order valence-electron chi connectivity index (χ0n) is 10.9. The second-order valence-electron chi connectivity index (χ2n) is 4.29. The molecule has 92 valence electrons. The van der Waals surface area contributed by atoms with Crippen molar-refractivity contribution in [3.8, 4) is 0 Å². The van der Waals surface area contributed by atoms with E-state index in [1.165, 1.54) is 18.4 Å². The van der Waals surface area contributed by atoms with E-state index in [1.54, 1.807) is 0 Å². The predicted molar refractivity (Wildman–Crippen MR) is 72.2 cm³/mol. The van der Waals surface area contributed by atoms with Crippen LogP contribution >= 0.6 is 0 Å². The van der Waals surface area contributed by atoms with Gasteiger partial charge in [-0.1, -0.05) is 19.9 Å². The first-order chi connectivity index (χ1) is 8.33. The maximum absolute atomic E-state index is 4.62. The highest BCUT2D eigenvalue weighted by Crippen LogP contribution is 2.23. The Morgan fingerprint density at radius 3 is 2.82 bits per heavy atom. The van der Waals surface area contributed by atoms with Crippen LogP contribution in [0.15, 0.2) is 18.2 Å². The van der Waals surface area contributed by atoms with Crippen molar-refractivity contribution < 1.29 is 0 Å². The average molecular weight is 231 g/mol. The fraction of sp³-hybridized carbons (Fsp3) is 0.500. The lowest BCUT2D eigenvalue weighted by Gasteiger charge is -2.04. The molecule has 1 atom stereocenters. The summed E-state index contributed by atoms with van der Waals surface area (Å²) in [4.78, 5) is 8.02. The summed E-state index contributed by atoms with van der Waals surface area (Å²) < 4.78 is 0. The molecule has 3 nitrogen and oxygen atoms in total. The number of nitrogens with one attached hydrogen (secondary N) is 2. The maximum Gasteiger partial charge on any atom is 0.124 e. The van der Waals surface area contributed by atoms with Crippen molar-refractivity contribution in [2.24, 2.45) is 0 Å². The van der Waals surface area contributed by atoms with E-state index < -0.39 is 0 Å². The number of benzene rings is 1. The van der Waals surface area contributed by atoms with Crippen LogP contribution in [0.2, 0.25) is 0 Å². The molecule has 1 aliphatic heterocycles. The van der Waals surface area contributed by atoms with Crippen molar-refractivity contribution in [2.45, 2.75) is 39.7 Å². The van der Waals surface area contributed by atoms with Crippen molar-refractivity contribution in [2.75, 3.05) is 6.54 Å². The van der Waals surface area contributed by atoms with Gasteiger partial charge in [-0.2, -0.15) is 0 Å². The first-order valence-corrected chi connectivity index (χ1v) is 6.52. The molecule has 1 aromatic heterocycles. The summed E-state index contributed by atoms with van der Waals surface area (Å²) in [5, 5.41) is 3.45. The molecule has 2 heterocycles. The van der Waals surface area contributed by atoms with Crippen molar-refractivity contribution in [3.05, 3.63) is 29.6 Å². The Bertz CT molecular complexity index is 481. The van der Waals surface area contributed by atoms with Gasteiger partial charge in [0.05, 0.1) is 17.1 Å². The predicted octanol–water partition coefficient (Wildman–Crippen LogP) is 3.32. The van der Waals surface area contributed by atoms with Crippen LogP contribution in [0.1, 0.15) is 44.1 Å². The molecule has 0 bridgehead atoms. The second kappa shape index (κ2) is 5.32. The maximum atomic E-state index is 4.62. The number of aromatic amines is 1. The normalized spacial score (nSPS) is 19.1. The highest BCUT2D eigenvalue weighted by atomic mass is 15.0. The van der Waals surface area contributed by atoms with Crippen LogP contribution in [0, 0.1) is 6.92 Å². The molecular weight excluding hydrogens is 210 g/mol. The molecule has 0 aliphatic carbocycles. The molecule has 0 radical (unpaired) electrons. The lowest BCUT2D eigenvalue weighted by atomic mass is 10.2. The van der Waals surface area contributed by atoms with Crippen molar-refractivity contribution in [3.63, 3.8) is 0 Å². The van der Waals surface area contributed by atoms with E-state index in [4.69, 9.17) is 0 Å². The Morgan fingerprint density at radius 2 is 2.12 bits per heavy atom. The van der Waals surface area contributed by atoms with Gasteiger partial charge in [-0.05, 0) is 44.0 Å². The number of aryl methyl sites for hydroxylation is 1. The molecule has 1 fully saturated rings.